The molecule has 1 rings (SSSR count). The number of hydrogen-bond donors (Lipinski definition) is 1. The first-order valence-corrected chi connectivity index (χ1v) is 4.62. The molecule has 1 N–H and O–H groups in total. The molecule has 0 aromatic heterocycles. The van der Waals surface area contributed by atoms with Crippen LogP contribution in [0, 0.1) is 11.3 Å². The van der Waals surface area contributed by atoms with Gasteiger partial charge in [-0.3, -0.25) is 0 Å². The molecule has 2 unspecified atom stereocenters. The summed E-state index contributed by atoms with van der Waals surface area (Å²) >= 11 is 3.57. The standard InChI is InChI=1S/C7H11BrN2/c8-7-3-1-2-5-10(7)6-4-9/h7H,1-3,5-6H2/p+1. The maximum absolute atomic E-state index is 8.44. The fourth-order valence-corrected chi connectivity index (χ4v) is 2.05. The smallest absolute Gasteiger partial charge is 0.165 e. The predicted octanol–water partition coefficient (Wildman–Crippen LogP) is 0.300. The van der Waals surface area contributed by atoms with Crippen molar-refractivity contribution < 1.29 is 4.90 Å². The van der Waals surface area contributed by atoms with Crippen molar-refractivity contribution in [3.8, 4) is 6.07 Å². The number of halogens is 1. The van der Waals surface area contributed by atoms with Crippen LogP contribution >= 0.6 is 15.9 Å². The topological polar surface area (TPSA) is 28.2 Å². The summed E-state index contributed by atoms with van der Waals surface area (Å²) in [5.74, 6) is 0. The number of nitrogens with zero attached hydrogens (tertiary/aromatic N) is 1. The second-order valence-corrected chi connectivity index (χ2v) is 3.81. The highest BCUT2D eigenvalue weighted by Crippen LogP contribution is 2.07. The van der Waals surface area contributed by atoms with Gasteiger partial charge >= 0.3 is 0 Å². The molecule has 1 saturated heterocycles. The van der Waals surface area contributed by atoms with Crippen LogP contribution in [-0.2, 0) is 0 Å². The van der Waals surface area contributed by atoms with E-state index in [4.69, 9.17) is 5.26 Å². The Bertz CT molecular complexity index is 141. The Hall–Kier alpha value is -0.0700. The Morgan fingerprint density at radius 1 is 1.60 bits per heavy atom. The van der Waals surface area contributed by atoms with Crippen molar-refractivity contribution in [3.05, 3.63) is 0 Å². The van der Waals surface area contributed by atoms with E-state index in [9.17, 15) is 0 Å². The lowest BCUT2D eigenvalue weighted by Crippen LogP contribution is -3.15. The largest absolute Gasteiger partial charge is 0.312 e. The number of alkyl halides is 1. The molecule has 1 aliphatic heterocycles. The Kier molecular flexibility index (Phi) is 3.17. The van der Waals surface area contributed by atoms with Gasteiger partial charge in [0.25, 0.3) is 0 Å². The van der Waals surface area contributed by atoms with Gasteiger partial charge in [0.05, 0.1) is 6.54 Å². The van der Waals surface area contributed by atoms with Crippen LogP contribution in [0.25, 0.3) is 0 Å². The summed E-state index contributed by atoms with van der Waals surface area (Å²) in [5.41, 5.74) is 0. The van der Waals surface area contributed by atoms with Crippen LogP contribution in [-0.4, -0.2) is 18.0 Å². The number of rotatable bonds is 1. The molecule has 3 heteroatoms. The summed E-state index contributed by atoms with van der Waals surface area (Å²) in [6, 6.07) is 2.20. The van der Waals surface area contributed by atoms with E-state index in [1.165, 1.54) is 24.2 Å². The van der Waals surface area contributed by atoms with Crippen LogP contribution in [0.5, 0.6) is 0 Å². The second-order valence-electron chi connectivity index (χ2n) is 2.71. The molecule has 0 amide bonds. The first kappa shape index (κ1) is 8.03. The predicted molar refractivity (Wildman–Crippen MR) is 42.9 cm³/mol. The number of piperidine rings is 1. The zero-order valence-corrected chi connectivity index (χ0v) is 7.52. The molecule has 0 saturated carbocycles. The number of hydrogen-bond acceptors (Lipinski definition) is 1. The van der Waals surface area contributed by atoms with Gasteiger partial charge in [0.15, 0.2) is 6.54 Å². The molecule has 2 atom stereocenters. The minimum absolute atomic E-state index is 0.529. The normalized spacial score (nSPS) is 33.2. The van der Waals surface area contributed by atoms with Crippen molar-refractivity contribution in [1.82, 2.24) is 0 Å². The summed E-state index contributed by atoms with van der Waals surface area (Å²) in [6.45, 7) is 1.80. The monoisotopic (exact) mass is 203 g/mol. The molecule has 0 aliphatic carbocycles. The van der Waals surface area contributed by atoms with Crippen LogP contribution in [0.3, 0.4) is 0 Å². The van der Waals surface area contributed by atoms with Crippen LogP contribution in [0.4, 0.5) is 0 Å². The molecule has 10 heavy (non-hydrogen) atoms. The molecule has 0 aromatic rings. The van der Waals surface area contributed by atoms with Gasteiger partial charge in [-0.1, -0.05) is 0 Å². The van der Waals surface area contributed by atoms with Crippen molar-refractivity contribution >= 4 is 15.9 Å². The summed E-state index contributed by atoms with van der Waals surface area (Å²) in [6.07, 6.45) is 3.81. The van der Waals surface area contributed by atoms with E-state index in [-0.39, 0.29) is 0 Å². The van der Waals surface area contributed by atoms with Gasteiger partial charge in [-0.2, -0.15) is 5.26 Å². The molecule has 1 aliphatic rings. The fourth-order valence-electron chi connectivity index (χ4n) is 1.34. The molecule has 1 heterocycles. The highest BCUT2D eigenvalue weighted by Gasteiger charge is 2.22. The molecule has 1 fully saturated rings. The lowest BCUT2D eigenvalue weighted by atomic mass is 10.1. The van der Waals surface area contributed by atoms with E-state index >= 15 is 0 Å². The molecule has 0 radical (unpaired) electrons. The highest BCUT2D eigenvalue weighted by atomic mass is 79.9. The first-order chi connectivity index (χ1) is 4.84. The second kappa shape index (κ2) is 3.95. The minimum atomic E-state index is 0.529. The molecular formula is C7H12BrN2+. The number of quaternary nitrogens is 1. The number of nitrogens with one attached hydrogen (secondary N) is 1. The molecule has 0 spiro atoms. The Morgan fingerprint density at radius 3 is 3.00 bits per heavy atom. The van der Waals surface area contributed by atoms with Crippen LogP contribution in [0.2, 0.25) is 0 Å². The Balaban J connectivity index is 2.34. The van der Waals surface area contributed by atoms with Gasteiger partial charge < -0.3 is 4.90 Å². The summed E-state index contributed by atoms with van der Waals surface area (Å²) < 4.78 is 0. The average molecular weight is 204 g/mol. The number of likely N-dealkylation sites (tertiary alicyclic amines) is 1. The van der Waals surface area contributed by atoms with Crippen LogP contribution in [0.1, 0.15) is 19.3 Å². The van der Waals surface area contributed by atoms with E-state index < -0.39 is 0 Å². The molecule has 0 bridgehead atoms. The molecule has 56 valence electrons. The van der Waals surface area contributed by atoms with Crippen molar-refractivity contribution in [2.24, 2.45) is 0 Å². The maximum Gasteiger partial charge on any atom is 0.165 e. The SMILES string of the molecule is N#CC[NH+]1CCCCC1Br. The third-order valence-electron chi connectivity index (χ3n) is 1.95. The van der Waals surface area contributed by atoms with Crippen molar-refractivity contribution in [3.63, 3.8) is 0 Å². The fraction of sp³-hybridized carbons (Fsp3) is 0.857. The quantitative estimate of drug-likeness (QED) is 0.371. The third kappa shape index (κ3) is 1.96. The molecule has 0 aromatic carbocycles. The van der Waals surface area contributed by atoms with Gasteiger partial charge in [-0.15, -0.1) is 0 Å². The van der Waals surface area contributed by atoms with Crippen molar-refractivity contribution in [2.45, 2.75) is 24.2 Å². The lowest BCUT2D eigenvalue weighted by Gasteiger charge is -2.26. The van der Waals surface area contributed by atoms with Gasteiger partial charge in [0.1, 0.15) is 11.0 Å². The zero-order chi connectivity index (χ0) is 7.40. The lowest BCUT2D eigenvalue weighted by molar-refractivity contribution is -0.906. The zero-order valence-electron chi connectivity index (χ0n) is 5.94. The van der Waals surface area contributed by atoms with Gasteiger partial charge in [0.2, 0.25) is 0 Å². The highest BCUT2D eigenvalue weighted by molar-refractivity contribution is 9.09. The van der Waals surface area contributed by atoms with E-state index in [1.807, 2.05) is 0 Å². The average Bonchev–Trinajstić information content (AvgIpc) is 1.94. The van der Waals surface area contributed by atoms with E-state index in [1.54, 1.807) is 0 Å². The summed E-state index contributed by atoms with van der Waals surface area (Å²) in [7, 11) is 0. The Labute approximate surface area is 69.9 Å². The summed E-state index contributed by atoms with van der Waals surface area (Å²) in [5, 5.41) is 8.44. The Morgan fingerprint density at radius 2 is 2.40 bits per heavy atom. The van der Waals surface area contributed by atoms with Crippen LogP contribution in [0.15, 0.2) is 0 Å². The number of nitriles is 1. The van der Waals surface area contributed by atoms with E-state index in [0.29, 0.717) is 11.5 Å². The van der Waals surface area contributed by atoms with Gasteiger partial charge in [-0.25, -0.2) is 0 Å². The third-order valence-corrected chi connectivity index (χ3v) is 3.06. The van der Waals surface area contributed by atoms with Crippen LogP contribution < -0.4 is 4.90 Å². The molecular weight excluding hydrogens is 192 g/mol. The minimum Gasteiger partial charge on any atom is -0.312 e. The van der Waals surface area contributed by atoms with E-state index in [2.05, 4.69) is 22.0 Å². The first-order valence-electron chi connectivity index (χ1n) is 3.70. The van der Waals surface area contributed by atoms with Gasteiger partial charge in [-0.05, 0) is 28.8 Å². The van der Waals surface area contributed by atoms with E-state index in [0.717, 1.165) is 6.54 Å². The van der Waals surface area contributed by atoms with Crippen molar-refractivity contribution in [1.29, 1.82) is 5.26 Å². The van der Waals surface area contributed by atoms with Gasteiger partial charge in [0, 0.05) is 6.42 Å². The maximum atomic E-state index is 8.44. The molecule has 2 nitrogen and oxygen atoms in total. The van der Waals surface area contributed by atoms with Crippen molar-refractivity contribution in [2.75, 3.05) is 13.1 Å². The summed E-state index contributed by atoms with van der Waals surface area (Å²) in [4.78, 5) is 1.93.